The van der Waals surface area contributed by atoms with Crippen LogP contribution in [0.4, 0.5) is 5.88 Å². The summed E-state index contributed by atoms with van der Waals surface area (Å²) >= 11 is 0. The van der Waals surface area contributed by atoms with Crippen LogP contribution in [0.1, 0.15) is 46.9 Å². The highest BCUT2D eigenvalue weighted by molar-refractivity contribution is 5.30. The van der Waals surface area contributed by atoms with Crippen LogP contribution in [0.5, 0.6) is 0 Å². The molecule has 0 aliphatic rings. The van der Waals surface area contributed by atoms with Crippen molar-refractivity contribution >= 4 is 5.88 Å². The molecule has 14 heavy (non-hydrogen) atoms. The molecule has 0 unspecified atom stereocenters. The van der Waals surface area contributed by atoms with Crippen LogP contribution >= 0.6 is 0 Å². The summed E-state index contributed by atoms with van der Waals surface area (Å²) in [6.07, 6.45) is 2.76. The summed E-state index contributed by atoms with van der Waals surface area (Å²) in [7, 11) is 0. The molecular formula is C11H22N2O. The van der Waals surface area contributed by atoms with Crippen molar-refractivity contribution in [3.05, 3.63) is 12.1 Å². The Balaban J connectivity index is 0.000000791. The number of hydrogen-bond acceptors (Lipinski definition) is 3. The molecule has 0 radical (unpaired) electrons. The summed E-state index contributed by atoms with van der Waals surface area (Å²) in [6.45, 7) is 12.2. The number of nitrogens with one attached hydrogen (secondary N) is 1. The van der Waals surface area contributed by atoms with Crippen LogP contribution in [0, 0.1) is 6.92 Å². The summed E-state index contributed by atoms with van der Waals surface area (Å²) in [4.78, 5) is 4.01. The van der Waals surface area contributed by atoms with Crippen LogP contribution in [-0.2, 0) is 0 Å². The van der Waals surface area contributed by atoms with E-state index in [0.717, 1.165) is 12.3 Å². The molecule has 1 aromatic rings. The first-order valence-corrected chi connectivity index (χ1v) is 5.24. The van der Waals surface area contributed by atoms with Crippen LogP contribution in [0.3, 0.4) is 0 Å². The SMILES string of the molecule is CC.CCC(C)(C)Nc1cnc(C)o1. The number of rotatable bonds is 3. The monoisotopic (exact) mass is 198 g/mol. The minimum atomic E-state index is 0.0754. The molecule has 0 bridgehead atoms. The van der Waals surface area contributed by atoms with Crippen molar-refractivity contribution in [2.24, 2.45) is 0 Å². The maximum atomic E-state index is 5.30. The molecule has 1 N–H and O–H groups in total. The molecule has 0 aliphatic heterocycles. The molecule has 1 aromatic heterocycles. The van der Waals surface area contributed by atoms with E-state index in [1.807, 2.05) is 20.8 Å². The second-order valence-electron chi connectivity index (χ2n) is 3.61. The second kappa shape index (κ2) is 5.68. The second-order valence-corrected chi connectivity index (χ2v) is 3.61. The average molecular weight is 198 g/mol. The van der Waals surface area contributed by atoms with E-state index in [2.05, 4.69) is 31.1 Å². The van der Waals surface area contributed by atoms with E-state index in [1.165, 1.54) is 0 Å². The molecule has 0 fully saturated rings. The molecule has 1 rings (SSSR count). The Kier molecular flexibility index (Phi) is 5.28. The molecular weight excluding hydrogens is 176 g/mol. The van der Waals surface area contributed by atoms with E-state index in [-0.39, 0.29) is 5.54 Å². The van der Waals surface area contributed by atoms with Crippen molar-refractivity contribution in [3.8, 4) is 0 Å². The van der Waals surface area contributed by atoms with Gasteiger partial charge in [-0.2, -0.15) is 0 Å². The van der Waals surface area contributed by atoms with Gasteiger partial charge in [0.25, 0.3) is 0 Å². The number of aromatic nitrogens is 1. The lowest BCUT2D eigenvalue weighted by Crippen LogP contribution is -2.29. The molecule has 0 saturated carbocycles. The normalized spacial score (nSPS) is 10.4. The van der Waals surface area contributed by atoms with Crippen LogP contribution in [0.15, 0.2) is 10.6 Å². The van der Waals surface area contributed by atoms with E-state index in [1.54, 1.807) is 6.20 Å². The van der Waals surface area contributed by atoms with E-state index in [0.29, 0.717) is 5.89 Å². The third-order valence-electron chi connectivity index (χ3n) is 1.97. The van der Waals surface area contributed by atoms with Gasteiger partial charge in [-0.1, -0.05) is 20.8 Å². The Labute approximate surface area is 86.9 Å². The van der Waals surface area contributed by atoms with Crippen LogP contribution < -0.4 is 5.32 Å². The minimum absolute atomic E-state index is 0.0754. The lowest BCUT2D eigenvalue weighted by atomic mass is 10.0. The van der Waals surface area contributed by atoms with Gasteiger partial charge in [-0.15, -0.1) is 0 Å². The molecule has 0 spiro atoms. The van der Waals surface area contributed by atoms with Gasteiger partial charge in [0.15, 0.2) is 5.89 Å². The Hall–Kier alpha value is -0.990. The average Bonchev–Trinajstić information content (AvgIpc) is 2.54. The summed E-state index contributed by atoms with van der Waals surface area (Å²) in [6, 6.07) is 0. The quantitative estimate of drug-likeness (QED) is 0.806. The van der Waals surface area contributed by atoms with Gasteiger partial charge >= 0.3 is 0 Å². The van der Waals surface area contributed by atoms with Gasteiger partial charge in [0, 0.05) is 12.5 Å². The zero-order valence-electron chi connectivity index (χ0n) is 10.1. The van der Waals surface area contributed by atoms with Crippen LogP contribution in [0.2, 0.25) is 0 Å². The molecule has 82 valence electrons. The Bertz CT molecular complexity index is 254. The van der Waals surface area contributed by atoms with E-state index < -0.39 is 0 Å². The lowest BCUT2D eigenvalue weighted by Gasteiger charge is -2.23. The Morgan fingerprint density at radius 1 is 1.43 bits per heavy atom. The molecule has 0 amide bonds. The third kappa shape index (κ3) is 4.30. The highest BCUT2D eigenvalue weighted by atomic mass is 16.4. The number of nitrogens with zero attached hydrogens (tertiary/aromatic N) is 1. The van der Waals surface area contributed by atoms with Crippen LogP contribution in [-0.4, -0.2) is 10.5 Å². The van der Waals surface area contributed by atoms with Crippen molar-refractivity contribution in [1.82, 2.24) is 4.98 Å². The zero-order valence-corrected chi connectivity index (χ0v) is 10.1. The third-order valence-corrected chi connectivity index (χ3v) is 1.97. The van der Waals surface area contributed by atoms with Gasteiger partial charge in [-0.25, -0.2) is 4.98 Å². The first-order chi connectivity index (χ1) is 6.53. The van der Waals surface area contributed by atoms with Gasteiger partial charge < -0.3 is 9.73 Å². The highest BCUT2D eigenvalue weighted by Gasteiger charge is 2.15. The number of oxazole rings is 1. The standard InChI is InChI=1S/C9H16N2O.C2H6/c1-5-9(3,4)11-8-6-10-7(2)12-8;1-2/h6,11H,5H2,1-4H3;1-2H3. The smallest absolute Gasteiger partial charge is 0.214 e. The fourth-order valence-electron chi connectivity index (χ4n) is 0.841. The number of hydrogen-bond donors (Lipinski definition) is 1. The predicted molar refractivity (Wildman–Crippen MR) is 60.6 cm³/mol. The van der Waals surface area contributed by atoms with Crippen molar-refractivity contribution in [3.63, 3.8) is 0 Å². The van der Waals surface area contributed by atoms with Gasteiger partial charge in [-0.3, -0.25) is 0 Å². The summed E-state index contributed by atoms with van der Waals surface area (Å²) in [5.41, 5.74) is 0.0754. The summed E-state index contributed by atoms with van der Waals surface area (Å²) in [5, 5.41) is 3.26. The fraction of sp³-hybridized carbons (Fsp3) is 0.727. The summed E-state index contributed by atoms with van der Waals surface area (Å²) < 4.78 is 5.30. The van der Waals surface area contributed by atoms with E-state index in [9.17, 15) is 0 Å². The van der Waals surface area contributed by atoms with Crippen molar-refractivity contribution in [2.45, 2.75) is 53.5 Å². The van der Waals surface area contributed by atoms with Crippen LogP contribution in [0.25, 0.3) is 0 Å². The van der Waals surface area contributed by atoms with Crippen molar-refractivity contribution in [2.75, 3.05) is 5.32 Å². The lowest BCUT2D eigenvalue weighted by molar-refractivity contribution is 0.485. The molecule has 1 heterocycles. The molecule has 0 aromatic carbocycles. The first-order valence-electron chi connectivity index (χ1n) is 5.24. The Morgan fingerprint density at radius 2 is 2.00 bits per heavy atom. The molecule has 0 atom stereocenters. The van der Waals surface area contributed by atoms with Crippen molar-refractivity contribution < 1.29 is 4.42 Å². The number of anilines is 1. The molecule has 3 heteroatoms. The topological polar surface area (TPSA) is 38.1 Å². The fourth-order valence-corrected chi connectivity index (χ4v) is 0.841. The molecule has 0 aliphatic carbocycles. The Morgan fingerprint density at radius 3 is 2.36 bits per heavy atom. The molecule has 0 saturated heterocycles. The maximum Gasteiger partial charge on any atom is 0.214 e. The van der Waals surface area contributed by atoms with E-state index in [4.69, 9.17) is 4.42 Å². The first kappa shape index (κ1) is 13.0. The zero-order chi connectivity index (χ0) is 11.2. The predicted octanol–water partition coefficient (Wildman–Crippen LogP) is 3.61. The maximum absolute atomic E-state index is 5.30. The van der Waals surface area contributed by atoms with Gasteiger partial charge in [0.2, 0.25) is 5.88 Å². The van der Waals surface area contributed by atoms with Gasteiger partial charge in [0.1, 0.15) is 0 Å². The number of aryl methyl sites for hydroxylation is 1. The van der Waals surface area contributed by atoms with Crippen molar-refractivity contribution in [1.29, 1.82) is 0 Å². The van der Waals surface area contributed by atoms with Gasteiger partial charge in [0.05, 0.1) is 6.20 Å². The molecule has 3 nitrogen and oxygen atoms in total. The van der Waals surface area contributed by atoms with E-state index >= 15 is 0 Å². The largest absolute Gasteiger partial charge is 0.426 e. The minimum Gasteiger partial charge on any atom is -0.426 e. The summed E-state index contributed by atoms with van der Waals surface area (Å²) in [5.74, 6) is 1.45. The van der Waals surface area contributed by atoms with Gasteiger partial charge in [-0.05, 0) is 20.3 Å². The highest BCUT2D eigenvalue weighted by Crippen LogP contribution is 2.17.